The summed E-state index contributed by atoms with van der Waals surface area (Å²) >= 11 is 1.64. The van der Waals surface area contributed by atoms with Crippen LogP contribution in [0.3, 0.4) is 0 Å². The van der Waals surface area contributed by atoms with Gasteiger partial charge in [-0.25, -0.2) is 4.99 Å². The monoisotopic (exact) mass is 155 g/mol. The second kappa shape index (κ2) is 3.22. The van der Waals surface area contributed by atoms with E-state index in [2.05, 4.69) is 4.99 Å². The lowest BCUT2D eigenvalue weighted by molar-refractivity contribution is 1.06. The summed E-state index contributed by atoms with van der Waals surface area (Å²) in [6.45, 7) is 0.589. The Hall–Kier alpha value is -1.03. The molecule has 54 valence electrons. The van der Waals surface area contributed by atoms with Crippen LogP contribution in [-0.4, -0.2) is 5.96 Å². The van der Waals surface area contributed by atoms with E-state index in [9.17, 15) is 0 Å². The number of nitrogens with two attached hydrogens (primary N) is 2. The van der Waals surface area contributed by atoms with Gasteiger partial charge in [-0.05, 0) is 22.4 Å². The van der Waals surface area contributed by atoms with Crippen LogP contribution in [0.2, 0.25) is 0 Å². The van der Waals surface area contributed by atoms with Gasteiger partial charge in [-0.1, -0.05) is 0 Å². The van der Waals surface area contributed by atoms with Crippen LogP contribution in [0.5, 0.6) is 0 Å². The summed E-state index contributed by atoms with van der Waals surface area (Å²) in [5.74, 6) is 0.145. The SMILES string of the molecule is NC(N)=NCc1ccsc1. The fourth-order valence-electron chi connectivity index (χ4n) is 0.565. The second-order valence-corrected chi connectivity index (χ2v) is 2.65. The molecule has 0 radical (unpaired) electrons. The van der Waals surface area contributed by atoms with E-state index in [0.29, 0.717) is 6.54 Å². The molecule has 3 nitrogen and oxygen atoms in total. The van der Waals surface area contributed by atoms with Gasteiger partial charge in [0.15, 0.2) is 5.96 Å². The molecule has 4 heteroatoms. The Bertz CT molecular complexity index is 211. The minimum Gasteiger partial charge on any atom is -0.370 e. The van der Waals surface area contributed by atoms with Crippen molar-refractivity contribution >= 4 is 17.3 Å². The molecule has 0 fully saturated rings. The van der Waals surface area contributed by atoms with Gasteiger partial charge < -0.3 is 11.5 Å². The molecule has 0 amide bonds. The number of guanidine groups is 1. The third kappa shape index (κ3) is 2.06. The number of thiophene rings is 1. The van der Waals surface area contributed by atoms with Gasteiger partial charge in [0.05, 0.1) is 6.54 Å². The van der Waals surface area contributed by atoms with Crippen LogP contribution in [0, 0.1) is 0 Å². The molecule has 0 unspecified atom stereocenters. The largest absolute Gasteiger partial charge is 0.370 e. The van der Waals surface area contributed by atoms with Crippen molar-refractivity contribution in [2.45, 2.75) is 6.54 Å². The van der Waals surface area contributed by atoms with Crippen molar-refractivity contribution in [3.05, 3.63) is 22.4 Å². The van der Waals surface area contributed by atoms with Crippen molar-refractivity contribution < 1.29 is 0 Å². The molecule has 0 aliphatic rings. The lowest BCUT2D eigenvalue weighted by Crippen LogP contribution is -2.22. The van der Waals surface area contributed by atoms with Crippen LogP contribution >= 0.6 is 11.3 Å². The molecule has 0 spiro atoms. The topological polar surface area (TPSA) is 64.4 Å². The van der Waals surface area contributed by atoms with Gasteiger partial charge in [-0.2, -0.15) is 11.3 Å². The van der Waals surface area contributed by atoms with E-state index >= 15 is 0 Å². The highest BCUT2D eigenvalue weighted by molar-refractivity contribution is 7.07. The highest BCUT2D eigenvalue weighted by atomic mass is 32.1. The van der Waals surface area contributed by atoms with Crippen molar-refractivity contribution in [1.29, 1.82) is 0 Å². The average Bonchev–Trinajstić information content (AvgIpc) is 2.34. The minimum absolute atomic E-state index is 0.145. The smallest absolute Gasteiger partial charge is 0.186 e. The number of rotatable bonds is 2. The van der Waals surface area contributed by atoms with E-state index in [1.54, 1.807) is 11.3 Å². The highest BCUT2D eigenvalue weighted by Gasteiger charge is 1.88. The molecule has 4 N–H and O–H groups in total. The highest BCUT2D eigenvalue weighted by Crippen LogP contribution is 2.06. The third-order valence-electron chi connectivity index (χ3n) is 1.02. The van der Waals surface area contributed by atoms with E-state index in [-0.39, 0.29) is 5.96 Å². The normalized spacial score (nSPS) is 9.20. The average molecular weight is 155 g/mol. The summed E-state index contributed by atoms with van der Waals surface area (Å²) in [6, 6.07) is 2.00. The van der Waals surface area contributed by atoms with Crippen molar-refractivity contribution in [1.82, 2.24) is 0 Å². The number of hydrogen-bond acceptors (Lipinski definition) is 2. The van der Waals surface area contributed by atoms with Crippen molar-refractivity contribution in [2.24, 2.45) is 16.5 Å². The van der Waals surface area contributed by atoms with Crippen LogP contribution in [0.25, 0.3) is 0 Å². The molecule has 0 bridgehead atoms. The van der Waals surface area contributed by atoms with E-state index in [4.69, 9.17) is 11.5 Å². The van der Waals surface area contributed by atoms with Crippen molar-refractivity contribution in [2.75, 3.05) is 0 Å². The zero-order valence-corrected chi connectivity index (χ0v) is 6.27. The Labute approximate surface area is 63.4 Å². The van der Waals surface area contributed by atoms with E-state index in [1.807, 2.05) is 16.8 Å². The minimum atomic E-state index is 0.145. The molecule has 10 heavy (non-hydrogen) atoms. The molecule has 0 aliphatic heterocycles. The van der Waals surface area contributed by atoms with Crippen LogP contribution in [0.4, 0.5) is 0 Å². The Kier molecular flexibility index (Phi) is 2.28. The van der Waals surface area contributed by atoms with Gasteiger partial charge in [0.1, 0.15) is 0 Å². The van der Waals surface area contributed by atoms with Gasteiger partial charge in [-0.3, -0.25) is 0 Å². The first-order chi connectivity index (χ1) is 4.79. The lowest BCUT2D eigenvalue weighted by atomic mass is 10.3. The van der Waals surface area contributed by atoms with Crippen LogP contribution < -0.4 is 11.5 Å². The summed E-state index contributed by atoms with van der Waals surface area (Å²) in [4.78, 5) is 3.85. The first-order valence-electron chi connectivity index (χ1n) is 2.85. The number of nitrogens with zero attached hydrogens (tertiary/aromatic N) is 1. The van der Waals surface area contributed by atoms with Crippen LogP contribution in [-0.2, 0) is 6.54 Å². The molecule has 0 atom stereocenters. The molecule has 0 aromatic carbocycles. The van der Waals surface area contributed by atoms with Gasteiger partial charge in [0.2, 0.25) is 0 Å². The van der Waals surface area contributed by atoms with E-state index < -0.39 is 0 Å². The molecular formula is C6H9N3S. The fraction of sp³-hybridized carbons (Fsp3) is 0.167. The van der Waals surface area contributed by atoms with Gasteiger partial charge in [0, 0.05) is 0 Å². The zero-order chi connectivity index (χ0) is 7.40. The predicted octanol–water partition coefficient (Wildman–Crippen LogP) is 0.521. The Morgan fingerprint density at radius 2 is 2.40 bits per heavy atom. The van der Waals surface area contributed by atoms with Gasteiger partial charge >= 0.3 is 0 Å². The van der Waals surface area contributed by atoms with Gasteiger partial charge in [0.25, 0.3) is 0 Å². The Morgan fingerprint density at radius 1 is 1.60 bits per heavy atom. The quantitative estimate of drug-likeness (QED) is 0.483. The summed E-state index contributed by atoms with van der Waals surface area (Å²) in [6.07, 6.45) is 0. The maximum atomic E-state index is 5.14. The zero-order valence-electron chi connectivity index (χ0n) is 5.45. The maximum absolute atomic E-state index is 5.14. The molecule has 1 rings (SSSR count). The lowest BCUT2D eigenvalue weighted by Gasteiger charge is -1.89. The standard InChI is InChI=1S/C6H9N3S/c7-6(8)9-3-5-1-2-10-4-5/h1-2,4H,3H2,(H4,7,8,9). The summed E-state index contributed by atoms with van der Waals surface area (Å²) in [5.41, 5.74) is 11.4. The number of aliphatic imine (C=N–C) groups is 1. The first-order valence-corrected chi connectivity index (χ1v) is 3.80. The predicted molar refractivity (Wildman–Crippen MR) is 43.8 cm³/mol. The van der Waals surface area contributed by atoms with Crippen molar-refractivity contribution in [3.63, 3.8) is 0 Å². The molecule has 0 saturated carbocycles. The molecule has 1 aromatic heterocycles. The Morgan fingerprint density at radius 3 is 2.90 bits per heavy atom. The fourth-order valence-corrected chi connectivity index (χ4v) is 1.23. The van der Waals surface area contributed by atoms with Crippen molar-refractivity contribution in [3.8, 4) is 0 Å². The molecular weight excluding hydrogens is 146 g/mol. The number of hydrogen-bond donors (Lipinski definition) is 2. The first kappa shape index (κ1) is 7.08. The van der Waals surface area contributed by atoms with Crippen LogP contribution in [0.15, 0.2) is 21.8 Å². The molecule has 0 saturated heterocycles. The van der Waals surface area contributed by atoms with Gasteiger partial charge in [-0.15, -0.1) is 0 Å². The Balaban J connectivity index is 2.49. The molecule has 1 heterocycles. The molecule has 0 aliphatic carbocycles. The summed E-state index contributed by atoms with van der Waals surface area (Å²) in [7, 11) is 0. The molecule has 1 aromatic rings. The summed E-state index contributed by atoms with van der Waals surface area (Å²) < 4.78 is 0. The van der Waals surface area contributed by atoms with E-state index in [0.717, 1.165) is 5.56 Å². The second-order valence-electron chi connectivity index (χ2n) is 1.87. The van der Waals surface area contributed by atoms with Crippen LogP contribution in [0.1, 0.15) is 5.56 Å². The third-order valence-corrected chi connectivity index (χ3v) is 1.76. The van der Waals surface area contributed by atoms with E-state index in [1.165, 1.54) is 0 Å². The summed E-state index contributed by atoms with van der Waals surface area (Å²) in [5, 5.41) is 4.02. The maximum Gasteiger partial charge on any atom is 0.186 e.